The zero-order valence-corrected chi connectivity index (χ0v) is 17.7. The molecule has 1 aliphatic rings. The number of rotatable bonds is 6. The molecule has 1 aliphatic heterocycles. The van der Waals surface area contributed by atoms with E-state index in [-0.39, 0.29) is 17.8 Å². The second-order valence-corrected chi connectivity index (χ2v) is 8.11. The van der Waals surface area contributed by atoms with Gasteiger partial charge in [0.15, 0.2) is 11.4 Å². The summed E-state index contributed by atoms with van der Waals surface area (Å²) in [6, 6.07) is 18.1. The molecule has 1 atom stereocenters. The molecule has 0 fully saturated rings. The number of non-ortho nitro benzene ring substituents is 1. The molecule has 162 valence electrons. The molecule has 1 amide bonds. The van der Waals surface area contributed by atoms with E-state index in [1.165, 1.54) is 23.1 Å². The topological polar surface area (TPSA) is 101 Å². The van der Waals surface area contributed by atoms with Gasteiger partial charge in [-0.2, -0.15) is 0 Å². The van der Waals surface area contributed by atoms with E-state index in [0.29, 0.717) is 11.3 Å². The number of fused-ring (bicyclic) bond motifs is 1. The Bertz CT molecular complexity index is 1250. The lowest BCUT2D eigenvalue weighted by atomic mass is 9.88. The molecule has 7 heteroatoms. The summed E-state index contributed by atoms with van der Waals surface area (Å²) in [5.41, 5.74) is 1.78. The molecule has 1 N–H and O–H groups in total. The summed E-state index contributed by atoms with van der Waals surface area (Å²) in [6.07, 6.45) is -0.507. The highest BCUT2D eigenvalue weighted by molar-refractivity contribution is 6.10. The van der Waals surface area contributed by atoms with E-state index in [2.05, 4.69) is 0 Å². The van der Waals surface area contributed by atoms with Gasteiger partial charge in [0.2, 0.25) is 0 Å². The van der Waals surface area contributed by atoms with Gasteiger partial charge >= 0.3 is 0 Å². The lowest BCUT2D eigenvalue weighted by molar-refractivity contribution is -0.384. The summed E-state index contributed by atoms with van der Waals surface area (Å²) in [5, 5.41) is 22.5. The summed E-state index contributed by atoms with van der Waals surface area (Å²) >= 11 is 0. The molecule has 32 heavy (non-hydrogen) atoms. The minimum absolute atomic E-state index is 0.0748. The Kier molecular flexibility index (Phi) is 5.36. The molecule has 7 nitrogen and oxygen atoms in total. The van der Waals surface area contributed by atoms with Crippen LogP contribution >= 0.6 is 0 Å². The van der Waals surface area contributed by atoms with E-state index in [0.717, 1.165) is 22.8 Å². The van der Waals surface area contributed by atoms with E-state index in [1.54, 1.807) is 24.3 Å². The number of carbonyl (C=O) groups excluding carboxylic acids is 2. The maximum atomic E-state index is 13.4. The van der Waals surface area contributed by atoms with E-state index in [9.17, 15) is 24.8 Å². The summed E-state index contributed by atoms with van der Waals surface area (Å²) in [7, 11) is 0. The highest BCUT2D eigenvalue weighted by atomic mass is 16.6. The highest BCUT2D eigenvalue weighted by Gasteiger charge is 2.50. The van der Waals surface area contributed by atoms with Crippen molar-refractivity contribution in [3.8, 4) is 0 Å². The standard InChI is InChI=1S/C25H22N2O5/c1-16-10-11-19(17(2)12-16)15-26-22-9-4-3-8-21(22)25(30,24(26)29)14-23(28)18-6-5-7-20(13-18)27(31)32/h3-13,30H,14-15H2,1-2H3/t25-/m1/s1. The maximum absolute atomic E-state index is 13.4. The molecule has 0 spiro atoms. The second kappa shape index (κ2) is 8.01. The second-order valence-electron chi connectivity index (χ2n) is 8.11. The number of hydrogen-bond acceptors (Lipinski definition) is 5. The molecule has 1 heterocycles. The van der Waals surface area contributed by atoms with Gasteiger partial charge in [-0.1, -0.05) is 54.1 Å². The van der Waals surface area contributed by atoms with E-state index in [4.69, 9.17) is 0 Å². The molecule has 0 unspecified atom stereocenters. The first-order valence-corrected chi connectivity index (χ1v) is 10.2. The lowest BCUT2D eigenvalue weighted by Crippen LogP contribution is -2.41. The summed E-state index contributed by atoms with van der Waals surface area (Å²) in [6.45, 7) is 4.22. The first-order chi connectivity index (χ1) is 15.2. The monoisotopic (exact) mass is 430 g/mol. The average Bonchev–Trinajstić information content (AvgIpc) is 2.97. The predicted molar refractivity (Wildman–Crippen MR) is 119 cm³/mol. The van der Waals surface area contributed by atoms with Crippen LogP contribution < -0.4 is 4.90 Å². The lowest BCUT2D eigenvalue weighted by Gasteiger charge is -2.23. The van der Waals surface area contributed by atoms with E-state index in [1.807, 2.05) is 32.0 Å². The summed E-state index contributed by atoms with van der Waals surface area (Å²) in [5.74, 6) is -1.13. The van der Waals surface area contributed by atoms with Gasteiger partial charge in [0.1, 0.15) is 0 Å². The fraction of sp³-hybridized carbons (Fsp3) is 0.200. The Morgan fingerprint density at radius 1 is 1.06 bits per heavy atom. The SMILES string of the molecule is Cc1ccc(CN2C(=O)[C@@](O)(CC(=O)c3cccc([N+](=O)[O-])c3)c3ccccc32)c(C)c1. The van der Waals surface area contributed by atoms with Gasteiger partial charge < -0.3 is 10.0 Å². The Morgan fingerprint density at radius 2 is 1.81 bits per heavy atom. The zero-order valence-electron chi connectivity index (χ0n) is 17.7. The third-order valence-corrected chi connectivity index (χ3v) is 5.86. The van der Waals surface area contributed by atoms with Crippen LogP contribution in [0.3, 0.4) is 0 Å². The normalized spacial score (nSPS) is 17.3. The fourth-order valence-electron chi connectivity index (χ4n) is 4.16. The molecule has 0 saturated heterocycles. The van der Waals surface area contributed by atoms with Crippen LogP contribution in [0.4, 0.5) is 11.4 Å². The first-order valence-electron chi connectivity index (χ1n) is 10.2. The largest absolute Gasteiger partial charge is 0.375 e. The first kappa shape index (κ1) is 21.4. The summed E-state index contributed by atoms with van der Waals surface area (Å²) < 4.78 is 0. The maximum Gasteiger partial charge on any atom is 0.270 e. The summed E-state index contributed by atoms with van der Waals surface area (Å²) in [4.78, 5) is 38.3. The van der Waals surface area contributed by atoms with Gasteiger partial charge in [0.05, 0.1) is 23.6 Å². The van der Waals surface area contributed by atoms with Gasteiger partial charge in [0, 0.05) is 23.3 Å². The number of carbonyl (C=O) groups is 2. The molecule has 4 rings (SSSR count). The van der Waals surface area contributed by atoms with Crippen LogP contribution in [-0.2, 0) is 16.9 Å². The Labute approximate surface area is 185 Å². The number of nitro groups is 1. The molecule has 0 aliphatic carbocycles. The quantitative estimate of drug-likeness (QED) is 0.358. The van der Waals surface area contributed by atoms with E-state index < -0.39 is 28.6 Å². The molecule has 0 aromatic heterocycles. The number of aryl methyl sites for hydroxylation is 2. The fourth-order valence-corrected chi connectivity index (χ4v) is 4.16. The Morgan fingerprint density at radius 3 is 2.53 bits per heavy atom. The predicted octanol–water partition coefficient (Wildman–Crippen LogP) is 4.22. The van der Waals surface area contributed by atoms with Crippen molar-refractivity contribution < 1.29 is 19.6 Å². The van der Waals surface area contributed by atoms with Crippen LogP contribution in [0.15, 0.2) is 66.7 Å². The molecule has 3 aromatic rings. The number of amides is 1. The molecule has 3 aromatic carbocycles. The molecule has 0 bridgehead atoms. The van der Waals surface area contributed by atoms with Gasteiger partial charge in [-0.3, -0.25) is 19.7 Å². The number of benzene rings is 3. The van der Waals surface area contributed by atoms with Crippen LogP contribution in [0.25, 0.3) is 0 Å². The van der Waals surface area contributed by atoms with Gasteiger partial charge in [0.25, 0.3) is 11.6 Å². The highest BCUT2D eigenvalue weighted by Crippen LogP contribution is 2.43. The van der Waals surface area contributed by atoms with Crippen molar-refractivity contribution in [2.45, 2.75) is 32.4 Å². The van der Waals surface area contributed by atoms with Gasteiger partial charge in [-0.25, -0.2) is 0 Å². The number of aliphatic hydroxyl groups is 1. The third-order valence-electron chi connectivity index (χ3n) is 5.86. The van der Waals surface area contributed by atoms with Crippen molar-refractivity contribution in [2.24, 2.45) is 0 Å². The van der Waals surface area contributed by atoms with Crippen molar-refractivity contribution in [1.82, 2.24) is 0 Å². The minimum Gasteiger partial charge on any atom is -0.375 e. The zero-order chi connectivity index (χ0) is 23.0. The van der Waals surface area contributed by atoms with Crippen LogP contribution in [-0.4, -0.2) is 21.7 Å². The Hall–Kier alpha value is -3.84. The number of para-hydroxylation sites is 1. The van der Waals surface area contributed by atoms with Crippen molar-refractivity contribution >= 4 is 23.1 Å². The van der Waals surface area contributed by atoms with E-state index >= 15 is 0 Å². The number of ketones is 1. The van der Waals surface area contributed by atoms with Crippen LogP contribution in [0, 0.1) is 24.0 Å². The van der Waals surface area contributed by atoms with Gasteiger partial charge in [-0.05, 0) is 31.0 Å². The molecule has 0 saturated carbocycles. The van der Waals surface area contributed by atoms with Crippen LogP contribution in [0.2, 0.25) is 0 Å². The molecular weight excluding hydrogens is 408 g/mol. The molecule has 0 radical (unpaired) electrons. The number of anilines is 1. The van der Waals surface area contributed by atoms with Crippen molar-refractivity contribution in [1.29, 1.82) is 0 Å². The Balaban J connectivity index is 1.68. The number of nitrogens with zero attached hydrogens (tertiary/aromatic N) is 2. The number of hydrogen-bond donors (Lipinski definition) is 1. The third kappa shape index (κ3) is 3.67. The smallest absolute Gasteiger partial charge is 0.270 e. The van der Waals surface area contributed by atoms with Crippen LogP contribution in [0.5, 0.6) is 0 Å². The van der Waals surface area contributed by atoms with Crippen molar-refractivity contribution in [3.63, 3.8) is 0 Å². The number of nitro benzene ring substituents is 1. The molecular formula is C25H22N2O5. The van der Waals surface area contributed by atoms with Gasteiger partial charge in [-0.15, -0.1) is 0 Å². The van der Waals surface area contributed by atoms with Crippen molar-refractivity contribution in [2.75, 3.05) is 4.90 Å². The minimum atomic E-state index is -2.04. The van der Waals surface area contributed by atoms with Crippen LogP contribution in [0.1, 0.15) is 39.0 Å². The number of Topliss-reactive ketones (excluding diaryl/α,β-unsaturated/α-hetero) is 1. The van der Waals surface area contributed by atoms with Crippen molar-refractivity contribution in [3.05, 3.63) is 105 Å². The average molecular weight is 430 g/mol.